The lowest BCUT2D eigenvalue weighted by atomic mass is 10.4. The number of primary amides is 1. The average Bonchev–Trinajstić information content (AvgIpc) is 1.82. The molecule has 0 aliphatic carbocycles. The predicted molar refractivity (Wildman–Crippen MR) is 36.9 cm³/mol. The average molecular weight is 146 g/mol. The zero-order valence-electron chi connectivity index (χ0n) is 6.10. The van der Waals surface area contributed by atoms with E-state index in [1.54, 1.807) is 19.0 Å². The lowest BCUT2D eigenvalue weighted by Crippen LogP contribution is -2.15. The van der Waals surface area contributed by atoms with Gasteiger partial charge in [0.2, 0.25) is 0 Å². The molecule has 0 aromatic rings. The van der Waals surface area contributed by atoms with E-state index in [4.69, 9.17) is 0 Å². The van der Waals surface area contributed by atoms with E-state index in [-0.39, 0.29) is 0 Å². The number of rotatable bonds is 3. The van der Waals surface area contributed by atoms with Gasteiger partial charge in [-0.3, -0.25) is 4.79 Å². The molecule has 0 aliphatic rings. The molecule has 4 heteroatoms. The van der Waals surface area contributed by atoms with Gasteiger partial charge in [-0.25, -0.2) is 4.39 Å². The molecule has 0 heterocycles. The highest BCUT2D eigenvalue weighted by Crippen LogP contribution is 1.93. The number of amides is 1. The molecule has 2 N–H and O–H groups in total. The zero-order valence-corrected chi connectivity index (χ0v) is 6.10. The van der Waals surface area contributed by atoms with E-state index < -0.39 is 11.7 Å². The van der Waals surface area contributed by atoms with Crippen molar-refractivity contribution < 1.29 is 9.18 Å². The Balaban J connectivity index is 3.81. The van der Waals surface area contributed by atoms with E-state index in [0.717, 1.165) is 6.08 Å². The molecule has 3 nitrogen and oxygen atoms in total. The number of hydrogen-bond donors (Lipinski definition) is 1. The van der Waals surface area contributed by atoms with Crippen LogP contribution in [0.3, 0.4) is 0 Å². The van der Waals surface area contributed by atoms with Gasteiger partial charge in [-0.05, 0) is 20.2 Å². The summed E-state index contributed by atoms with van der Waals surface area (Å²) >= 11 is 0. The quantitative estimate of drug-likeness (QED) is 0.564. The minimum Gasteiger partial charge on any atom is -0.364 e. The molecule has 0 saturated carbocycles. The molecule has 0 rings (SSSR count). The van der Waals surface area contributed by atoms with Crippen LogP contribution in [0.15, 0.2) is 11.9 Å². The van der Waals surface area contributed by atoms with Gasteiger partial charge in [0.25, 0.3) is 5.91 Å². The van der Waals surface area contributed by atoms with Gasteiger partial charge in [-0.2, -0.15) is 0 Å². The summed E-state index contributed by atoms with van der Waals surface area (Å²) in [6.45, 7) is 0.384. The van der Waals surface area contributed by atoms with Crippen LogP contribution < -0.4 is 5.73 Å². The number of carbonyl (C=O) groups excluding carboxylic acids is 1. The van der Waals surface area contributed by atoms with Gasteiger partial charge in [0.1, 0.15) is 0 Å². The first-order chi connectivity index (χ1) is 4.54. The van der Waals surface area contributed by atoms with Crippen molar-refractivity contribution >= 4 is 5.91 Å². The van der Waals surface area contributed by atoms with Crippen molar-refractivity contribution in [3.63, 3.8) is 0 Å². The first-order valence-electron chi connectivity index (χ1n) is 2.84. The van der Waals surface area contributed by atoms with E-state index >= 15 is 0 Å². The molecule has 0 unspecified atom stereocenters. The number of nitrogens with two attached hydrogens (primary N) is 1. The van der Waals surface area contributed by atoms with Crippen molar-refractivity contribution in [2.24, 2.45) is 5.73 Å². The minimum atomic E-state index is -1.01. The second kappa shape index (κ2) is 4.00. The van der Waals surface area contributed by atoms with E-state index in [1.807, 2.05) is 0 Å². The first-order valence-corrected chi connectivity index (χ1v) is 2.84. The fourth-order valence-electron chi connectivity index (χ4n) is 0.363. The second-order valence-corrected chi connectivity index (χ2v) is 2.18. The number of likely N-dealkylation sites (N-methyl/N-ethyl adjacent to an activating group) is 1. The fraction of sp³-hybridized carbons (Fsp3) is 0.500. The number of carbonyl (C=O) groups is 1. The van der Waals surface area contributed by atoms with E-state index in [1.165, 1.54) is 0 Å². The highest BCUT2D eigenvalue weighted by atomic mass is 19.1. The first kappa shape index (κ1) is 9.10. The van der Waals surface area contributed by atoms with Gasteiger partial charge < -0.3 is 10.6 Å². The third-order valence-electron chi connectivity index (χ3n) is 0.871. The molecule has 0 aromatic heterocycles. The molecule has 0 saturated heterocycles. The Labute approximate surface area is 59.3 Å². The normalized spacial score (nSPS) is 12.2. The summed E-state index contributed by atoms with van der Waals surface area (Å²) in [7, 11) is 3.54. The zero-order chi connectivity index (χ0) is 8.15. The largest absolute Gasteiger partial charge is 0.364 e. The summed E-state index contributed by atoms with van der Waals surface area (Å²) in [6.07, 6.45) is 1.14. The van der Waals surface area contributed by atoms with Gasteiger partial charge in [-0.15, -0.1) is 0 Å². The van der Waals surface area contributed by atoms with Crippen LogP contribution in [0.25, 0.3) is 0 Å². The van der Waals surface area contributed by atoms with Crippen LogP contribution in [0.4, 0.5) is 4.39 Å². The van der Waals surface area contributed by atoms with Crippen LogP contribution in [0, 0.1) is 0 Å². The van der Waals surface area contributed by atoms with Crippen molar-refractivity contribution in [2.75, 3.05) is 20.6 Å². The molecule has 0 aromatic carbocycles. The van der Waals surface area contributed by atoms with Crippen LogP contribution in [0.5, 0.6) is 0 Å². The molecular weight excluding hydrogens is 135 g/mol. The van der Waals surface area contributed by atoms with Crippen LogP contribution in [-0.2, 0) is 4.79 Å². The standard InChI is InChI=1S/C6H11FN2O/c1-9(2)4-3-5(7)6(8)10/h3H,4H2,1-2H3,(H2,8,10). The summed E-state index contributed by atoms with van der Waals surface area (Å²) in [6, 6.07) is 0. The van der Waals surface area contributed by atoms with Gasteiger partial charge in [0, 0.05) is 6.54 Å². The summed E-state index contributed by atoms with van der Waals surface area (Å²) in [5.41, 5.74) is 4.62. The Bertz CT molecular complexity index is 154. The lowest BCUT2D eigenvalue weighted by Gasteiger charge is -2.03. The molecule has 0 fully saturated rings. The maximum Gasteiger partial charge on any atom is 0.277 e. The third-order valence-corrected chi connectivity index (χ3v) is 0.871. The monoisotopic (exact) mass is 146 g/mol. The Kier molecular flexibility index (Phi) is 3.64. The van der Waals surface area contributed by atoms with Crippen molar-refractivity contribution in [2.45, 2.75) is 0 Å². The third kappa shape index (κ3) is 4.03. The number of nitrogens with zero attached hydrogens (tertiary/aromatic N) is 1. The Morgan fingerprint density at radius 2 is 2.20 bits per heavy atom. The van der Waals surface area contributed by atoms with Crippen LogP contribution in [0.2, 0.25) is 0 Å². The highest BCUT2D eigenvalue weighted by molar-refractivity contribution is 5.89. The topological polar surface area (TPSA) is 46.3 Å². The van der Waals surface area contributed by atoms with Crippen molar-refractivity contribution in [1.29, 1.82) is 0 Å². The Morgan fingerprint density at radius 1 is 1.70 bits per heavy atom. The lowest BCUT2D eigenvalue weighted by molar-refractivity contribution is -0.115. The molecule has 58 valence electrons. The summed E-state index contributed by atoms with van der Waals surface area (Å²) in [5, 5.41) is 0. The van der Waals surface area contributed by atoms with E-state index in [2.05, 4.69) is 5.73 Å². The van der Waals surface area contributed by atoms with E-state index in [0.29, 0.717) is 6.54 Å². The molecule has 0 atom stereocenters. The van der Waals surface area contributed by atoms with Crippen molar-refractivity contribution in [1.82, 2.24) is 4.90 Å². The van der Waals surface area contributed by atoms with Gasteiger partial charge in [0.15, 0.2) is 5.83 Å². The van der Waals surface area contributed by atoms with Crippen LogP contribution in [-0.4, -0.2) is 31.4 Å². The van der Waals surface area contributed by atoms with Gasteiger partial charge in [0.05, 0.1) is 0 Å². The van der Waals surface area contributed by atoms with Gasteiger partial charge >= 0.3 is 0 Å². The molecular formula is C6H11FN2O. The van der Waals surface area contributed by atoms with Crippen LogP contribution in [0.1, 0.15) is 0 Å². The van der Waals surface area contributed by atoms with Crippen molar-refractivity contribution in [3.8, 4) is 0 Å². The summed E-state index contributed by atoms with van der Waals surface area (Å²) in [5.74, 6) is -1.89. The predicted octanol–water partition coefficient (Wildman–Crippen LogP) is -0.113. The Hall–Kier alpha value is -0.900. The Morgan fingerprint density at radius 3 is 2.50 bits per heavy atom. The van der Waals surface area contributed by atoms with E-state index in [9.17, 15) is 9.18 Å². The minimum absolute atomic E-state index is 0.384. The molecule has 1 amide bonds. The maximum absolute atomic E-state index is 12.2. The summed E-state index contributed by atoms with van der Waals surface area (Å²) in [4.78, 5) is 11.8. The molecule has 0 spiro atoms. The van der Waals surface area contributed by atoms with Crippen LogP contribution >= 0.6 is 0 Å². The molecule has 0 bridgehead atoms. The second-order valence-electron chi connectivity index (χ2n) is 2.18. The smallest absolute Gasteiger partial charge is 0.277 e. The fourth-order valence-corrected chi connectivity index (χ4v) is 0.363. The SMILES string of the molecule is CN(C)CC=C(F)C(N)=O. The number of halogens is 1. The maximum atomic E-state index is 12.2. The van der Waals surface area contributed by atoms with Crippen molar-refractivity contribution in [3.05, 3.63) is 11.9 Å². The highest BCUT2D eigenvalue weighted by Gasteiger charge is 2.00. The summed E-state index contributed by atoms with van der Waals surface area (Å²) < 4.78 is 12.2. The molecule has 0 radical (unpaired) electrons. The molecule has 10 heavy (non-hydrogen) atoms. The molecule has 0 aliphatic heterocycles. The number of hydrogen-bond acceptors (Lipinski definition) is 2. The van der Waals surface area contributed by atoms with Gasteiger partial charge in [-0.1, -0.05) is 0 Å².